The van der Waals surface area contributed by atoms with Crippen molar-refractivity contribution < 1.29 is 13.9 Å². The third-order valence-electron chi connectivity index (χ3n) is 3.80. The third-order valence-corrected chi connectivity index (χ3v) is 3.80. The largest absolute Gasteiger partial charge is 0.465 e. The second kappa shape index (κ2) is 8.70. The summed E-state index contributed by atoms with van der Waals surface area (Å²) in [6, 6.07) is 13.5. The van der Waals surface area contributed by atoms with E-state index < -0.39 is 5.97 Å². The van der Waals surface area contributed by atoms with Crippen molar-refractivity contribution in [1.29, 1.82) is 0 Å². The summed E-state index contributed by atoms with van der Waals surface area (Å²) in [7, 11) is 1.32. The van der Waals surface area contributed by atoms with Crippen molar-refractivity contribution in [3.8, 4) is 0 Å². The Labute approximate surface area is 155 Å². The summed E-state index contributed by atoms with van der Waals surface area (Å²) in [5.74, 6) is 0.00810. The number of para-hydroxylation sites is 1. The number of carbonyl (C=O) groups is 1. The lowest BCUT2D eigenvalue weighted by molar-refractivity contribution is 0.0602. The molecule has 0 unspecified atom stereocenters. The second-order valence-electron chi connectivity index (χ2n) is 5.60. The lowest BCUT2D eigenvalue weighted by Gasteiger charge is -2.10. The Bertz CT molecular complexity index is 935. The van der Waals surface area contributed by atoms with E-state index in [-0.39, 0.29) is 11.8 Å². The first-order valence-electron chi connectivity index (χ1n) is 8.28. The first-order chi connectivity index (χ1) is 13.2. The molecule has 0 atom stereocenters. The molecule has 0 aliphatic carbocycles. The molecule has 0 spiro atoms. The van der Waals surface area contributed by atoms with Crippen LogP contribution in [0.5, 0.6) is 0 Å². The molecule has 3 rings (SSSR count). The monoisotopic (exact) mass is 367 g/mol. The van der Waals surface area contributed by atoms with E-state index in [2.05, 4.69) is 25.8 Å². The van der Waals surface area contributed by atoms with Gasteiger partial charge in [0.15, 0.2) is 5.82 Å². The topological polar surface area (TPSA) is 89.0 Å². The lowest BCUT2D eigenvalue weighted by Crippen LogP contribution is -2.10. The van der Waals surface area contributed by atoms with E-state index in [1.165, 1.54) is 19.4 Å². The Morgan fingerprint density at radius 1 is 1.15 bits per heavy atom. The van der Waals surface area contributed by atoms with Gasteiger partial charge in [-0.1, -0.05) is 30.3 Å². The van der Waals surface area contributed by atoms with Gasteiger partial charge in [-0.2, -0.15) is 10.1 Å². The van der Waals surface area contributed by atoms with Crippen LogP contribution in [0, 0.1) is 5.82 Å². The number of anilines is 3. The van der Waals surface area contributed by atoms with Gasteiger partial charge < -0.3 is 15.4 Å². The average Bonchev–Trinajstić information content (AvgIpc) is 2.70. The van der Waals surface area contributed by atoms with Crippen LogP contribution in [-0.4, -0.2) is 34.8 Å². The van der Waals surface area contributed by atoms with Gasteiger partial charge in [0, 0.05) is 6.54 Å². The number of nitrogens with one attached hydrogen (secondary N) is 2. The molecule has 0 fully saturated rings. The van der Waals surface area contributed by atoms with Crippen molar-refractivity contribution in [3.63, 3.8) is 0 Å². The Morgan fingerprint density at radius 2 is 1.93 bits per heavy atom. The summed E-state index contributed by atoms with van der Waals surface area (Å²) in [5, 5.41) is 13.9. The minimum Gasteiger partial charge on any atom is -0.465 e. The molecule has 27 heavy (non-hydrogen) atoms. The standard InChI is InChI=1S/C19H18FN5O2/c1-27-18(26)14-7-3-5-9-16(14)23-19-24-17(12-22-25-19)21-11-10-13-6-2-4-8-15(13)20/h2-9,12H,10-11H2,1H3,(H2,21,23,24,25). The molecule has 0 aliphatic rings. The lowest BCUT2D eigenvalue weighted by atomic mass is 10.1. The summed E-state index contributed by atoms with van der Waals surface area (Å²) in [4.78, 5) is 16.1. The molecule has 0 saturated heterocycles. The third kappa shape index (κ3) is 4.75. The van der Waals surface area contributed by atoms with Crippen molar-refractivity contribution in [2.45, 2.75) is 6.42 Å². The number of nitrogens with zero attached hydrogens (tertiary/aromatic N) is 3. The van der Waals surface area contributed by atoms with E-state index in [1.54, 1.807) is 42.5 Å². The van der Waals surface area contributed by atoms with Crippen molar-refractivity contribution in [2.24, 2.45) is 0 Å². The van der Waals surface area contributed by atoms with Crippen LogP contribution in [0.4, 0.5) is 21.8 Å². The molecular formula is C19H18FN5O2. The molecule has 0 saturated carbocycles. The second-order valence-corrected chi connectivity index (χ2v) is 5.60. The molecular weight excluding hydrogens is 349 g/mol. The van der Waals surface area contributed by atoms with Gasteiger partial charge in [-0.05, 0) is 30.2 Å². The molecule has 138 valence electrons. The predicted octanol–water partition coefficient (Wildman–Crippen LogP) is 3.20. The minimum absolute atomic E-state index is 0.224. The fourth-order valence-corrected chi connectivity index (χ4v) is 2.47. The first kappa shape index (κ1) is 18.2. The van der Waals surface area contributed by atoms with Crippen LogP contribution in [0.25, 0.3) is 0 Å². The highest BCUT2D eigenvalue weighted by Crippen LogP contribution is 2.19. The Morgan fingerprint density at radius 3 is 2.74 bits per heavy atom. The number of benzene rings is 2. The van der Waals surface area contributed by atoms with Crippen molar-refractivity contribution in [2.75, 3.05) is 24.3 Å². The summed E-state index contributed by atoms with van der Waals surface area (Å²) >= 11 is 0. The number of hydrogen-bond acceptors (Lipinski definition) is 7. The zero-order chi connectivity index (χ0) is 19.1. The number of esters is 1. The van der Waals surface area contributed by atoms with Crippen molar-refractivity contribution in [1.82, 2.24) is 15.2 Å². The maximum Gasteiger partial charge on any atom is 0.339 e. The van der Waals surface area contributed by atoms with Gasteiger partial charge in [0.2, 0.25) is 5.95 Å². The number of aromatic nitrogens is 3. The minimum atomic E-state index is -0.467. The number of ether oxygens (including phenoxy) is 1. The normalized spacial score (nSPS) is 10.3. The molecule has 2 N–H and O–H groups in total. The SMILES string of the molecule is COC(=O)c1ccccc1Nc1nncc(NCCc2ccccc2F)n1. The number of methoxy groups -OCH3 is 1. The maximum atomic E-state index is 13.6. The maximum absolute atomic E-state index is 13.6. The number of rotatable bonds is 7. The van der Waals surface area contributed by atoms with Gasteiger partial charge in [-0.25, -0.2) is 9.18 Å². The molecule has 8 heteroatoms. The highest BCUT2D eigenvalue weighted by Gasteiger charge is 2.12. The molecule has 0 bridgehead atoms. The Balaban J connectivity index is 1.66. The molecule has 1 heterocycles. The van der Waals surface area contributed by atoms with Gasteiger partial charge in [-0.15, -0.1) is 5.10 Å². The fraction of sp³-hybridized carbons (Fsp3) is 0.158. The number of halogens is 1. The summed E-state index contributed by atoms with van der Waals surface area (Å²) in [6.07, 6.45) is 1.98. The highest BCUT2D eigenvalue weighted by atomic mass is 19.1. The Hall–Kier alpha value is -3.55. The predicted molar refractivity (Wildman–Crippen MR) is 99.5 cm³/mol. The smallest absolute Gasteiger partial charge is 0.339 e. The molecule has 3 aromatic rings. The van der Waals surface area contributed by atoms with Crippen LogP contribution in [-0.2, 0) is 11.2 Å². The van der Waals surface area contributed by atoms with Crippen LogP contribution in [0.1, 0.15) is 15.9 Å². The number of carbonyl (C=O) groups excluding carboxylic acids is 1. The molecule has 0 radical (unpaired) electrons. The first-order valence-corrected chi connectivity index (χ1v) is 8.28. The zero-order valence-corrected chi connectivity index (χ0v) is 14.6. The van der Waals surface area contributed by atoms with Gasteiger partial charge in [0.05, 0.1) is 24.6 Å². The van der Waals surface area contributed by atoms with Crippen LogP contribution >= 0.6 is 0 Å². The van der Waals surface area contributed by atoms with Crippen LogP contribution in [0.3, 0.4) is 0 Å². The van der Waals surface area contributed by atoms with Crippen LogP contribution in [0.15, 0.2) is 54.7 Å². The van der Waals surface area contributed by atoms with Crippen molar-refractivity contribution >= 4 is 23.4 Å². The molecule has 1 aromatic heterocycles. The zero-order valence-electron chi connectivity index (χ0n) is 14.6. The molecule has 2 aromatic carbocycles. The quantitative estimate of drug-likeness (QED) is 0.620. The molecule has 0 aliphatic heterocycles. The van der Waals surface area contributed by atoms with Crippen LogP contribution in [0.2, 0.25) is 0 Å². The van der Waals surface area contributed by atoms with E-state index >= 15 is 0 Å². The van der Waals surface area contributed by atoms with Gasteiger partial charge in [-0.3, -0.25) is 0 Å². The summed E-state index contributed by atoms with van der Waals surface area (Å²) < 4.78 is 18.4. The van der Waals surface area contributed by atoms with Gasteiger partial charge in [0.25, 0.3) is 0 Å². The van der Waals surface area contributed by atoms with Gasteiger partial charge in [0.1, 0.15) is 5.82 Å². The molecule has 7 nitrogen and oxygen atoms in total. The van der Waals surface area contributed by atoms with E-state index in [4.69, 9.17) is 4.74 Å². The summed E-state index contributed by atoms with van der Waals surface area (Å²) in [6.45, 7) is 0.484. The highest BCUT2D eigenvalue weighted by molar-refractivity contribution is 5.96. The Kier molecular flexibility index (Phi) is 5.88. The summed E-state index contributed by atoms with van der Waals surface area (Å²) in [5.41, 5.74) is 1.49. The van der Waals surface area contributed by atoms with E-state index in [9.17, 15) is 9.18 Å². The number of hydrogen-bond donors (Lipinski definition) is 2. The van der Waals surface area contributed by atoms with Gasteiger partial charge >= 0.3 is 5.97 Å². The van der Waals surface area contributed by atoms with E-state index in [1.807, 2.05) is 0 Å². The van der Waals surface area contributed by atoms with Crippen molar-refractivity contribution in [3.05, 3.63) is 71.7 Å². The molecule has 0 amide bonds. The van der Waals surface area contributed by atoms with E-state index in [0.29, 0.717) is 35.6 Å². The van der Waals surface area contributed by atoms with E-state index in [0.717, 1.165) is 0 Å². The fourth-order valence-electron chi connectivity index (χ4n) is 2.47. The average molecular weight is 367 g/mol. The van der Waals surface area contributed by atoms with Crippen LogP contribution < -0.4 is 10.6 Å².